The third kappa shape index (κ3) is 4.68. The van der Waals surface area contributed by atoms with Gasteiger partial charge < -0.3 is 10.6 Å². The first kappa shape index (κ1) is 16.2. The molecule has 120 valence electrons. The van der Waals surface area contributed by atoms with Crippen molar-refractivity contribution in [3.8, 4) is 0 Å². The van der Waals surface area contributed by atoms with Gasteiger partial charge in [-0.05, 0) is 45.6 Å². The highest BCUT2D eigenvalue weighted by Crippen LogP contribution is 2.29. The maximum absolute atomic E-state index is 12.0. The molecule has 2 saturated heterocycles. The normalized spacial score (nSPS) is 27.7. The lowest BCUT2D eigenvalue weighted by Crippen LogP contribution is -2.52. The molecule has 2 rings (SSSR count). The largest absolute Gasteiger partial charge is 0.338 e. The van der Waals surface area contributed by atoms with Crippen molar-refractivity contribution in [2.45, 2.75) is 64.1 Å². The number of piperidine rings is 1. The third-order valence-corrected chi connectivity index (χ3v) is 4.41. The molecular formula is C15H28N4O2. The number of amides is 3. The highest BCUT2D eigenvalue weighted by Gasteiger charge is 2.36. The summed E-state index contributed by atoms with van der Waals surface area (Å²) >= 11 is 0. The topological polar surface area (TPSA) is 73.5 Å². The number of nitrogens with zero attached hydrogens (tertiary/aromatic N) is 1. The van der Waals surface area contributed by atoms with Crippen LogP contribution in [-0.4, -0.2) is 54.6 Å². The minimum atomic E-state index is -0.399. The molecule has 6 heteroatoms. The van der Waals surface area contributed by atoms with Crippen LogP contribution in [0.1, 0.15) is 46.0 Å². The molecule has 21 heavy (non-hydrogen) atoms. The Kier molecular flexibility index (Phi) is 5.99. The molecule has 0 aromatic rings. The van der Waals surface area contributed by atoms with E-state index in [0.29, 0.717) is 31.2 Å². The Morgan fingerprint density at radius 2 is 1.86 bits per heavy atom. The smallest absolute Gasteiger partial charge is 0.321 e. The summed E-state index contributed by atoms with van der Waals surface area (Å²) in [5.74, 6) is -0.208. The van der Waals surface area contributed by atoms with Crippen LogP contribution in [0.4, 0.5) is 4.79 Å². The average Bonchev–Trinajstić information content (AvgIpc) is 2.77. The van der Waals surface area contributed by atoms with Crippen molar-refractivity contribution in [1.82, 2.24) is 20.9 Å². The highest BCUT2D eigenvalue weighted by atomic mass is 16.2. The van der Waals surface area contributed by atoms with E-state index in [-0.39, 0.29) is 5.91 Å². The van der Waals surface area contributed by atoms with Crippen molar-refractivity contribution in [2.75, 3.05) is 19.6 Å². The molecule has 2 unspecified atom stereocenters. The fraction of sp³-hybridized carbons (Fsp3) is 0.867. The molecule has 2 heterocycles. The zero-order valence-corrected chi connectivity index (χ0v) is 13.2. The molecule has 2 fully saturated rings. The van der Waals surface area contributed by atoms with E-state index in [2.05, 4.69) is 27.8 Å². The molecular weight excluding hydrogens is 268 g/mol. The number of hydrogen-bond acceptors (Lipinski definition) is 4. The zero-order chi connectivity index (χ0) is 15.2. The lowest BCUT2D eigenvalue weighted by atomic mass is 9.98. The summed E-state index contributed by atoms with van der Waals surface area (Å²) in [5.41, 5.74) is 0. The van der Waals surface area contributed by atoms with Crippen molar-refractivity contribution in [3.63, 3.8) is 0 Å². The first-order valence-corrected chi connectivity index (χ1v) is 8.20. The summed E-state index contributed by atoms with van der Waals surface area (Å²) < 4.78 is 0. The van der Waals surface area contributed by atoms with Crippen molar-refractivity contribution in [2.24, 2.45) is 0 Å². The third-order valence-electron chi connectivity index (χ3n) is 4.41. The molecule has 2 atom stereocenters. The molecule has 6 nitrogen and oxygen atoms in total. The average molecular weight is 296 g/mol. The fourth-order valence-electron chi connectivity index (χ4n) is 3.56. The van der Waals surface area contributed by atoms with Crippen LogP contribution in [0.25, 0.3) is 0 Å². The minimum Gasteiger partial charge on any atom is -0.338 e. The summed E-state index contributed by atoms with van der Waals surface area (Å²) in [4.78, 5) is 25.7. The Hall–Kier alpha value is -1.14. The van der Waals surface area contributed by atoms with Crippen LogP contribution in [0.2, 0.25) is 0 Å². The van der Waals surface area contributed by atoms with Gasteiger partial charge in [-0.3, -0.25) is 15.0 Å². The first-order valence-electron chi connectivity index (χ1n) is 8.20. The van der Waals surface area contributed by atoms with Gasteiger partial charge in [-0.2, -0.15) is 0 Å². The Morgan fingerprint density at radius 3 is 2.43 bits per heavy atom. The number of hydrogen-bond donors (Lipinski definition) is 3. The van der Waals surface area contributed by atoms with Gasteiger partial charge in [0.25, 0.3) is 0 Å². The SMILES string of the molecule is CCCN(CC(=O)NC(=O)NCC)C1CC2CCC(C1)N2. The molecule has 2 bridgehead atoms. The van der Waals surface area contributed by atoms with Crippen molar-refractivity contribution in [1.29, 1.82) is 0 Å². The number of carbonyl (C=O) groups is 2. The quantitative estimate of drug-likeness (QED) is 0.679. The second-order valence-corrected chi connectivity index (χ2v) is 6.14. The predicted molar refractivity (Wildman–Crippen MR) is 82.0 cm³/mol. The lowest BCUT2D eigenvalue weighted by molar-refractivity contribution is -0.122. The van der Waals surface area contributed by atoms with E-state index in [0.717, 1.165) is 25.8 Å². The van der Waals surface area contributed by atoms with E-state index in [1.54, 1.807) is 0 Å². The highest BCUT2D eigenvalue weighted by molar-refractivity contribution is 5.95. The van der Waals surface area contributed by atoms with Crippen LogP contribution < -0.4 is 16.0 Å². The Balaban J connectivity index is 1.86. The van der Waals surface area contributed by atoms with Gasteiger partial charge in [-0.15, -0.1) is 0 Å². The van der Waals surface area contributed by atoms with Crippen LogP contribution >= 0.6 is 0 Å². The summed E-state index contributed by atoms with van der Waals surface area (Å²) in [7, 11) is 0. The monoisotopic (exact) mass is 296 g/mol. The lowest BCUT2D eigenvalue weighted by Gasteiger charge is -2.37. The van der Waals surface area contributed by atoms with Crippen LogP contribution in [0.15, 0.2) is 0 Å². The van der Waals surface area contributed by atoms with E-state index in [1.807, 2.05) is 6.92 Å². The molecule has 0 saturated carbocycles. The van der Waals surface area contributed by atoms with Gasteiger partial charge in [-0.1, -0.05) is 6.92 Å². The predicted octanol–water partition coefficient (Wildman–Crippen LogP) is 0.827. The molecule has 0 aromatic heterocycles. The Morgan fingerprint density at radius 1 is 1.19 bits per heavy atom. The molecule has 2 aliphatic heterocycles. The summed E-state index contributed by atoms with van der Waals surface area (Å²) in [6.07, 6.45) is 5.77. The van der Waals surface area contributed by atoms with Crippen LogP contribution in [0.3, 0.4) is 0 Å². The molecule has 0 aliphatic carbocycles. The maximum atomic E-state index is 12.0. The van der Waals surface area contributed by atoms with Gasteiger partial charge in [0.05, 0.1) is 6.54 Å². The van der Waals surface area contributed by atoms with Gasteiger partial charge >= 0.3 is 6.03 Å². The van der Waals surface area contributed by atoms with E-state index >= 15 is 0 Å². The Bertz CT molecular complexity index is 363. The van der Waals surface area contributed by atoms with Gasteiger partial charge in [0.1, 0.15) is 0 Å². The van der Waals surface area contributed by atoms with Crippen LogP contribution in [0, 0.1) is 0 Å². The fourth-order valence-corrected chi connectivity index (χ4v) is 3.56. The molecule has 2 aliphatic rings. The molecule has 0 radical (unpaired) electrons. The number of carbonyl (C=O) groups excluding carboxylic acids is 2. The molecule has 3 N–H and O–H groups in total. The number of fused-ring (bicyclic) bond motifs is 2. The van der Waals surface area contributed by atoms with Crippen molar-refractivity contribution in [3.05, 3.63) is 0 Å². The molecule has 3 amide bonds. The minimum absolute atomic E-state index is 0.208. The number of imide groups is 1. The zero-order valence-electron chi connectivity index (χ0n) is 13.2. The summed E-state index contributed by atoms with van der Waals surface area (Å²) in [6.45, 7) is 5.71. The van der Waals surface area contributed by atoms with Gasteiger partial charge in [-0.25, -0.2) is 4.79 Å². The number of urea groups is 1. The van der Waals surface area contributed by atoms with Gasteiger partial charge in [0, 0.05) is 24.7 Å². The van der Waals surface area contributed by atoms with E-state index in [9.17, 15) is 9.59 Å². The summed E-state index contributed by atoms with van der Waals surface area (Å²) in [5, 5.41) is 8.61. The Labute approximate surface area is 127 Å². The van der Waals surface area contributed by atoms with Crippen LogP contribution in [0.5, 0.6) is 0 Å². The van der Waals surface area contributed by atoms with Crippen LogP contribution in [-0.2, 0) is 4.79 Å². The van der Waals surface area contributed by atoms with E-state index in [1.165, 1.54) is 12.8 Å². The molecule has 0 aromatic carbocycles. The second-order valence-electron chi connectivity index (χ2n) is 6.14. The second kappa shape index (κ2) is 7.75. The van der Waals surface area contributed by atoms with E-state index in [4.69, 9.17) is 0 Å². The van der Waals surface area contributed by atoms with E-state index < -0.39 is 6.03 Å². The van der Waals surface area contributed by atoms with Crippen molar-refractivity contribution < 1.29 is 9.59 Å². The van der Waals surface area contributed by atoms with Gasteiger partial charge in [0.2, 0.25) is 5.91 Å². The standard InChI is InChI=1S/C15H28N4O2/c1-3-7-19(10-14(20)18-15(21)16-4-2)13-8-11-5-6-12(9-13)17-11/h11-13,17H,3-10H2,1-2H3,(H2,16,18,20,21). The maximum Gasteiger partial charge on any atom is 0.321 e. The number of rotatable bonds is 6. The first-order chi connectivity index (χ1) is 10.1. The number of nitrogens with one attached hydrogen (secondary N) is 3. The molecule has 0 spiro atoms. The van der Waals surface area contributed by atoms with Crippen molar-refractivity contribution >= 4 is 11.9 Å². The van der Waals surface area contributed by atoms with Gasteiger partial charge in [0.15, 0.2) is 0 Å². The summed E-state index contributed by atoms with van der Waals surface area (Å²) in [6, 6.07) is 1.28.